The van der Waals surface area contributed by atoms with Gasteiger partial charge in [-0.25, -0.2) is 4.39 Å². The Morgan fingerprint density at radius 1 is 0.933 bits per heavy atom. The van der Waals surface area contributed by atoms with Crippen LogP contribution in [0.15, 0.2) is 48.5 Å². The van der Waals surface area contributed by atoms with Crippen LogP contribution in [0.4, 0.5) is 4.39 Å². The first-order valence-electron chi connectivity index (χ1n) is 10.8. The molecule has 2 amide bonds. The Kier molecular flexibility index (Phi) is 5.89. The van der Waals surface area contributed by atoms with E-state index in [4.69, 9.17) is 0 Å². The van der Waals surface area contributed by atoms with E-state index in [0.717, 1.165) is 42.4 Å². The van der Waals surface area contributed by atoms with Crippen LogP contribution in [0, 0.1) is 18.7 Å². The van der Waals surface area contributed by atoms with Crippen LogP contribution in [0.2, 0.25) is 0 Å². The zero-order chi connectivity index (χ0) is 21.3. The fourth-order valence-corrected chi connectivity index (χ4v) is 4.65. The van der Waals surface area contributed by atoms with E-state index in [-0.39, 0.29) is 30.2 Å². The summed E-state index contributed by atoms with van der Waals surface area (Å²) < 4.78 is 13.3. The summed E-state index contributed by atoms with van der Waals surface area (Å²) in [6.45, 7) is 4.67. The second kappa shape index (κ2) is 8.58. The summed E-state index contributed by atoms with van der Waals surface area (Å²) in [5.74, 6) is 0.315. The molecule has 0 spiro atoms. The zero-order valence-corrected chi connectivity index (χ0v) is 17.7. The van der Waals surface area contributed by atoms with Crippen molar-refractivity contribution in [3.05, 3.63) is 71.0 Å². The molecule has 5 heteroatoms. The number of amides is 2. The van der Waals surface area contributed by atoms with Gasteiger partial charge in [0.15, 0.2) is 0 Å². The van der Waals surface area contributed by atoms with Gasteiger partial charge in [0.05, 0.1) is 0 Å². The predicted octanol–water partition coefficient (Wildman–Crippen LogP) is 4.62. The van der Waals surface area contributed by atoms with Crippen LogP contribution in [0.5, 0.6) is 0 Å². The first-order valence-corrected chi connectivity index (χ1v) is 10.8. The minimum atomic E-state index is -0.642. The summed E-state index contributed by atoms with van der Waals surface area (Å²) in [5, 5.41) is 0. The van der Waals surface area contributed by atoms with E-state index in [2.05, 4.69) is 6.92 Å². The number of benzene rings is 2. The Bertz CT molecular complexity index is 902. The summed E-state index contributed by atoms with van der Waals surface area (Å²) in [7, 11) is 0. The second-order valence-electron chi connectivity index (χ2n) is 8.84. The van der Waals surface area contributed by atoms with Gasteiger partial charge in [0.25, 0.3) is 5.91 Å². The number of rotatable bonds is 4. The maximum absolute atomic E-state index is 13.7. The lowest BCUT2D eigenvalue weighted by Crippen LogP contribution is -2.58. The Morgan fingerprint density at radius 2 is 1.57 bits per heavy atom. The maximum atomic E-state index is 13.7. The van der Waals surface area contributed by atoms with Gasteiger partial charge in [0, 0.05) is 12.6 Å². The highest BCUT2D eigenvalue weighted by atomic mass is 19.1. The summed E-state index contributed by atoms with van der Waals surface area (Å²) in [5.41, 5.74) is 2.75. The standard InChI is InChI=1S/C25H29FN2O2/c1-17-3-9-20(10-4-17)24-25(30)27(22-13-5-18(2)6-14-22)16-23(29)28(24)15-19-7-11-21(26)12-8-19/h3-4,7-12,18,22,24H,5-6,13-16H2,1-2H3/t18?,22?,24-/m0/s1. The molecule has 0 unspecified atom stereocenters. The SMILES string of the molecule is Cc1ccc([C@H]2C(=O)N(C3CCC(C)CC3)CC(=O)N2Cc2ccc(F)cc2)cc1. The third-order valence-electron chi connectivity index (χ3n) is 6.54. The van der Waals surface area contributed by atoms with Crippen molar-refractivity contribution in [3.63, 3.8) is 0 Å². The predicted molar refractivity (Wildman–Crippen MR) is 114 cm³/mol. The lowest BCUT2D eigenvalue weighted by atomic mass is 9.85. The van der Waals surface area contributed by atoms with Crippen molar-refractivity contribution in [2.45, 2.75) is 58.2 Å². The molecule has 1 heterocycles. The Labute approximate surface area is 177 Å². The number of piperazine rings is 1. The molecular weight excluding hydrogens is 379 g/mol. The van der Waals surface area contributed by atoms with E-state index in [1.54, 1.807) is 17.0 Å². The fourth-order valence-electron chi connectivity index (χ4n) is 4.65. The van der Waals surface area contributed by atoms with Crippen molar-refractivity contribution >= 4 is 11.8 Å². The number of aryl methyl sites for hydroxylation is 1. The topological polar surface area (TPSA) is 40.6 Å². The second-order valence-corrected chi connectivity index (χ2v) is 8.84. The third-order valence-corrected chi connectivity index (χ3v) is 6.54. The van der Waals surface area contributed by atoms with Crippen molar-refractivity contribution in [2.24, 2.45) is 5.92 Å². The molecule has 2 fully saturated rings. The normalized spacial score (nSPS) is 25.0. The Balaban J connectivity index is 1.65. The summed E-state index contributed by atoms with van der Waals surface area (Å²) >= 11 is 0. The fraction of sp³-hybridized carbons (Fsp3) is 0.440. The largest absolute Gasteiger partial charge is 0.328 e. The molecule has 2 aromatic rings. The van der Waals surface area contributed by atoms with Crippen LogP contribution in [0.1, 0.15) is 55.3 Å². The van der Waals surface area contributed by atoms with Crippen molar-refractivity contribution < 1.29 is 14.0 Å². The zero-order valence-electron chi connectivity index (χ0n) is 17.7. The van der Waals surface area contributed by atoms with Gasteiger partial charge in [0.1, 0.15) is 18.4 Å². The molecule has 2 aromatic carbocycles. The molecule has 30 heavy (non-hydrogen) atoms. The molecule has 4 rings (SSSR count). The lowest BCUT2D eigenvalue weighted by molar-refractivity contribution is -0.160. The van der Waals surface area contributed by atoms with Gasteiger partial charge in [-0.3, -0.25) is 9.59 Å². The molecule has 0 aromatic heterocycles. The molecule has 2 aliphatic rings. The number of nitrogens with zero attached hydrogens (tertiary/aromatic N) is 2. The van der Waals surface area contributed by atoms with Crippen molar-refractivity contribution in [1.82, 2.24) is 9.80 Å². The first kappa shape index (κ1) is 20.6. The van der Waals surface area contributed by atoms with Crippen LogP contribution in [0.25, 0.3) is 0 Å². The summed E-state index contributed by atoms with van der Waals surface area (Å²) in [6, 6.07) is 13.5. The monoisotopic (exact) mass is 408 g/mol. The van der Waals surface area contributed by atoms with Gasteiger partial charge < -0.3 is 9.80 Å². The molecule has 1 saturated heterocycles. The summed E-state index contributed by atoms with van der Waals surface area (Å²) in [6.07, 6.45) is 4.10. The van der Waals surface area contributed by atoms with Crippen LogP contribution < -0.4 is 0 Å². The van der Waals surface area contributed by atoms with Crippen LogP contribution >= 0.6 is 0 Å². The molecule has 1 aliphatic heterocycles. The molecule has 4 nitrogen and oxygen atoms in total. The average Bonchev–Trinajstić information content (AvgIpc) is 2.74. The first-order chi connectivity index (χ1) is 14.4. The van der Waals surface area contributed by atoms with Crippen molar-refractivity contribution in [2.75, 3.05) is 6.54 Å². The molecule has 1 aliphatic carbocycles. The van der Waals surface area contributed by atoms with Gasteiger partial charge in [-0.1, -0.05) is 48.9 Å². The molecular formula is C25H29FN2O2. The minimum Gasteiger partial charge on any atom is -0.328 e. The molecule has 0 N–H and O–H groups in total. The highest BCUT2D eigenvalue weighted by Crippen LogP contribution is 2.34. The van der Waals surface area contributed by atoms with E-state index in [9.17, 15) is 14.0 Å². The molecule has 0 bridgehead atoms. The highest BCUT2D eigenvalue weighted by molar-refractivity contribution is 5.95. The summed E-state index contributed by atoms with van der Waals surface area (Å²) in [4.78, 5) is 30.4. The average molecular weight is 409 g/mol. The van der Waals surface area contributed by atoms with Gasteiger partial charge in [0.2, 0.25) is 5.91 Å². The van der Waals surface area contributed by atoms with Gasteiger partial charge in [-0.05, 0) is 61.8 Å². The third kappa shape index (κ3) is 4.25. The van der Waals surface area contributed by atoms with E-state index in [0.29, 0.717) is 12.5 Å². The molecule has 158 valence electrons. The minimum absolute atomic E-state index is 0.000109. The molecule has 0 radical (unpaired) electrons. The van der Waals surface area contributed by atoms with Crippen LogP contribution in [0.3, 0.4) is 0 Å². The Morgan fingerprint density at radius 3 is 2.20 bits per heavy atom. The number of hydrogen-bond donors (Lipinski definition) is 0. The van der Waals surface area contributed by atoms with Gasteiger partial charge in [-0.2, -0.15) is 0 Å². The number of hydrogen-bond acceptors (Lipinski definition) is 2. The lowest BCUT2D eigenvalue weighted by Gasteiger charge is -2.45. The van der Waals surface area contributed by atoms with Gasteiger partial charge in [-0.15, -0.1) is 0 Å². The van der Waals surface area contributed by atoms with Gasteiger partial charge >= 0.3 is 0 Å². The van der Waals surface area contributed by atoms with Crippen molar-refractivity contribution in [1.29, 1.82) is 0 Å². The quantitative estimate of drug-likeness (QED) is 0.740. The number of halogens is 1. The van der Waals surface area contributed by atoms with E-state index in [1.807, 2.05) is 36.1 Å². The number of carbonyl (C=O) groups is 2. The number of carbonyl (C=O) groups excluding carboxylic acids is 2. The van der Waals surface area contributed by atoms with E-state index < -0.39 is 6.04 Å². The van der Waals surface area contributed by atoms with Crippen LogP contribution in [-0.4, -0.2) is 34.2 Å². The van der Waals surface area contributed by atoms with E-state index in [1.165, 1.54) is 12.1 Å². The van der Waals surface area contributed by atoms with Crippen LogP contribution in [-0.2, 0) is 16.1 Å². The molecule has 1 saturated carbocycles. The smallest absolute Gasteiger partial charge is 0.250 e. The molecule has 1 atom stereocenters. The Hall–Kier alpha value is -2.69. The van der Waals surface area contributed by atoms with Crippen molar-refractivity contribution in [3.8, 4) is 0 Å². The van der Waals surface area contributed by atoms with E-state index >= 15 is 0 Å². The maximum Gasteiger partial charge on any atom is 0.250 e. The highest BCUT2D eigenvalue weighted by Gasteiger charge is 2.43.